The molecule has 1 aromatic carbocycles. The monoisotopic (exact) mass is 291 g/mol. The van der Waals surface area contributed by atoms with E-state index in [0.717, 1.165) is 25.2 Å². The minimum absolute atomic E-state index is 0.145. The van der Waals surface area contributed by atoms with Gasteiger partial charge in [-0.05, 0) is 50.2 Å². The van der Waals surface area contributed by atoms with Crippen LogP contribution in [-0.2, 0) is 4.74 Å². The minimum atomic E-state index is -0.357. The van der Waals surface area contributed by atoms with Crippen molar-refractivity contribution in [2.45, 2.75) is 46.1 Å². The molecule has 1 fully saturated rings. The van der Waals surface area contributed by atoms with E-state index in [1.165, 1.54) is 0 Å². The Bertz CT molecular complexity index is 501. The molecule has 1 aliphatic rings. The third-order valence-corrected chi connectivity index (χ3v) is 4.34. The summed E-state index contributed by atoms with van der Waals surface area (Å²) >= 11 is 0. The summed E-state index contributed by atoms with van der Waals surface area (Å²) in [6, 6.07) is 5.09. The van der Waals surface area contributed by atoms with Crippen molar-refractivity contribution in [3.05, 3.63) is 23.8 Å². The Morgan fingerprint density at radius 3 is 2.71 bits per heavy atom. The zero-order valence-corrected chi connectivity index (χ0v) is 13.1. The van der Waals surface area contributed by atoms with Crippen molar-refractivity contribution in [3.63, 3.8) is 0 Å². The molecule has 4 nitrogen and oxygen atoms in total. The van der Waals surface area contributed by atoms with Crippen molar-refractivity contribution in [3.8, 4) is 5.75 Å². The van der Waals surface area contributed by atoms with Gasteiger partial charge in [0.15, 0.2) is 0 Å². The number of esters is 1. The smallest absolute Gasteiger partial charge is 0.341 e. The molecule has 4 heteroatoms. The fourth-order valence-corrected chi connectivity index (χ4v) is 2.80. The van der Waals surface area contributed by atoms with E-state index < -0.39 is 0 Å². The van der Waals surface area contributed by atoms with E-state index in [1.807, 2.05) is 0 Å². The first-order valence-electron chi connectivity index (χ1n) is 7.74. The van der Waals surface area contributed by atoms with E-state index in [4.69, 9.17) is 15.2 Å². The Morgan fingerprint density at radius 2 is 2.05 bits per heavy atom. The molecule has 1 aliphatic carbocycles. The second-order valence-electron chi connectivity index (χ2n) is 5.98. The van der Waals surface area contributed by atoms with Gasteiger partial charge in [-0.15, -0.1) is 0 Å². The van der Waals surface area contributed by atoms with Crippen LogP contribution in [0.15, 0.2) is 18.2 Å². The molecule has 3 atom stereocenters. The molecule has 0 heterocycles. The van der Waals surface area contributed by atoms with Crippen molar-refractivity contribution in [1.29, 1.82) is 0 Å². The standard InChI is InChI=1S/C17H25NO3/c1-4-20-17(19)15-8-6-13(18)10-16(15)21-14-7-5-11(2)12(3)9-14/h6,8,10-12,14H,4-5,7,9,18H2,1-3H3. The average molecular weight is 291 g/mol. The van der Waals surface area contributed by atoms with Crippen LogP contribution in [-0.4, -0.2) is 18.7 Å². The molecule has 0 bridgehead atoms. The summed E-state index contributed by atoms with van der Waals surface area (Å²) in [7, 11) is 0. The Kier molecular flexibility index (Phi) is 5.10. The molecule has 2 N–H and O–H groups in total. The second kappa shape index (κ2) is 6.83. The molecule has 0 aliphatic heterocycles. The molecule has 2 rings (SSSR count). The summed E-state index contributed by atoms with van der Waals surface area (Å²) in [6.45, 7) is 6.68. The average Bonchev–Trinajstić information content (AvgIpc) is 2.43. The van der Waals surface area contributed by atoms with Gasteiger partial charge in [0.25, 0.3) is 0 Å². The highest BCUT2D eigenvalue weighted by Crippen LogP contribution is 2.33. The predicted octanol–water partition coefficient (Wildman–Crippen LogP) is 3.65. The van der Waals surface area contributed by atoms with Crippen molar-refractivity contribution in [2.24, 2.45) is 11.8 Å². The largest absolute Gasteiger partial charge is 0.489 e. The summed E-state index contributed by atoms with van der Waals surface area (Å²) in [5, 5.41) is 0. The number of nitrogen functional groups attached to an aromatic ring is 1. The van der Waals surface area contributed by atoms with Crippen molar-refractivity contribution >= 4 is 11.7 Å². The normalized spacial score (nSPS) is 25.4. The minimum Gasteiger partial charge on any atom is -0.489 e. The Morgan fingerprint density at radius 1 is 1.29 bits per heavy atom. The molecule has 1 saturated carbocycles. The van der Waals surface area contributed by atoms with Crippen molar-refractivity contribution < 1.29 is 14.3 Å². The zero-order valence-electron chi connectivity index (χ0n) is 13.1. The number of carbonyl (C=O) groups excluding carboxylic acids is 1. The lowest BCUT2D eigenvalue weighted by Gasteiger charge is -2.32. The topological polar surface area (TPSA) is 61.5 Å². The number of hydrogen-bond donors (Lipinski definition) is 1. The maximum Gasteiger partial charge on any atom is 0.341 e. The molecule has 1 aromatic rings. The molecule has 0 radical (unpaired) electrons. The molecule has 0 spiro atoms. The van der Waals surface area contributed by atoms with Crippen molar-refractivity contribution in [2.75, 3.05) is 12.3 Å². The van der Waals surface area contributed by atoms with Crippen LogP contribution in [0.3, 0.4) is 0 Å². The predicted molar refractivity (Wildman–Crippen MR) is 83.4 cm³/mol. The summed E-state index contributed by atoms with van der Waals surface area (Å²) in [5.41, 5.74) is 6.87. The molecular weight excluding hydrogens is 266 g/mol. The molecule has 21 heavy (non-hydrogen) atoms. The van der Waals surface area contributed by atoms with Crippen LogP contribution in [0.2, 0.25) is 0 Å². The van der Waals surface area contributed by atoms with Crippen LogP contribution in [0.4, 0.5) is 5.69 Å². The summed E-state index contributed by atoms with van der Waals surface area (Å²) < 4.78 is 11.1. The van der Waals surface area contributed by atoms with Gasteiger partial charge in [0.2, 0.25) is 0 Å². The molecular formula is C17H25NO3. The van der Waals surface area contributed by atoms with E-state index in [9.17, 15) is 4.79 Å². The number of hydrogen-bond acceptors (Lipinski definition) is 4. The maximum atomic E-state index is 12.0. The zero-order chi connectivity index (χ0) is 15.4. The van der Waals surface area contributed by atoms with Gasteiger partial charge in [-0.1, -0.05) is 13.8 Å². The van der Waals surface area contributed by atoms with Gasteiger partial charge in [0.1, 0.15) is 11.3 Å². The van der Waals surface area contributed by atoms with Crippen LogP contribution in [0.25, 0.3) is 0 Å². The SMILES string of the molecule is CCOC(=O)c1ccc(N)cc1OC1CCC(C)C(C)C1. The van der Waals surface area contributed by atoms with E-state index in [2.05, 4.69) is 13.8 Å². The molecule has 0 aromatic heterocycles. The molecule has 3 unspecified atom stereocenters. The van der Waals surface area contributed by atoms with Gasteiger partial charge in [0, 0.05) is 11.8 Å². The van der Waals surface area contributed by atoms with Crippen LogP contribution >= 0.6 is 0 Å². The molecule has 0 saturated heterocycles. The van der Waals surface area contributed by atoms with Gasteiger partial charge >= 0.3 is 5.97 Å². The van der Waals surface area contributed by atoms with Crippen LogP contribution < -0.4 is 10.5 Å². The quantitative estimate of drug-likeness (QED) is 0.679. The number of anilines is 1. The number of rotatable bonds is 4. The first-order valence-corrected chi connectivity index (χ1v) is 7.74. The van der Waals surface area contributed by atoms with E-state index in [-0.39, 0.29) is 12.1 Å². The maximum absolute atomic E-state index is 12.0. The lowest BCUT2D eigenvalue weighted by atomic mass is 9.80. The van der Waals surface area contributed by atoms with Gasteiger partial charge in [-0.2, -0.15) is 0 Å². The summed E-state index contributed by atoms with van der Waals surface area (Å²) in [5.74, 6) is 1.55. The Balaban J connectivity index is 2.15. The first kappa shape index (κ1) is 15.7. The molecule has 116 valence electrons. The Labute approximate surface area is 126 Å². The third kappa shape index (κ3) is 3.90. The van der Waals surface area contributed by atoms with Crippen LogP contribution in [0.5, 0.6) is 5.75 Å². The first-order chi connectivity index (χ1) is 10.0. The highest BCUT2D eigenvalue weighted by atomic mass is 16.5. The lowest BCUT2D eigenvalue weighted by molar-refractivity contribution is 0.0511. The highest BCUT2D eigenvalue weighted by molar-refractivity contribution is 5.93. The fourth-order valence-electron chi connectivity index (χ4n) is 2.80. The fraction of sp³-hybridized carbons (Fsp3) is 0.588. The highest BCUT2D eigenvalue weighted by Gasteiger charge is 2.27. The summed E-state index contributed by atoms with van der Waals surface area (Å²) in [4.78, 5) is 12.0. The number of nitrogens with two attached hydrogens (primary N) is 1. The molecule has 0 amide bonds. The second-order valence-corrected chi connectivity index (χ2v) is 5.98. The lowest BCUT2D eigenvalue weighted by Crippen LogP contribution is -2.29. The third-order valence-electron chi connectivity index (χ3n) is 4.34. The summed E-state index contributed by atoms with van der Waals surface area (Å²) in [6.07, 6.45) is 3.33. The van der Waals surface area contributed by atoms with E-state index in [1.54, 1.807) is 25.1 Å². The van der Waals surface area contributed by atoms with Crippen molar-refractivity contribution in [1.82, 2.24) is 0 Å². The van der Waals surface area contributed by atoms with E-state index in [0.29, 0.717) is 29.5 Å². The van der Waals surface area contributed by atoms with Gasteiger partial charge in [-0.3, -0.25) is 0 Å². The van der Waals surface area contributed by atoms with E-state index >= 15 is 0 Å². The van der Waals surface area contributed by atoms with Crippen LogP contribution in [0.1, 0.15) is 50.4 Å². The Hall–Kier alpha value is -1.71. The van der Waals surface area contributed by atoms with Gasteiger partial charge in [0.05, 0.1) is 12.7 Å². The number of ether oxygens (including phenoxy) is 2. The van der Waals surface area contributed by atoms with Crippen LogP contribution in [0, 0.1) is 11.8 Å². The van der Waals surface area contributed by atoms with Gasteiger partial charge in [-0.25, -0.2) is 4.79 Å². The number of carbonyl (C=O) groups is 1. The van der Waals surface area contributed by atoms with Gasteiger partial charge < -0.3 is 15.2 Å². The number of benzene rings is 1.